The first-order valence-electron chi connectivity index (χ1n) is 6.51. The van der Waals surface area contributed by atoms with Crippen LogP contribution in [0, 0.1) is 0 Å². The van der Waals surface area contributed by atoms with Crippen LogP contribution in [0.25, 0.3) is 0 Å². The molecule has 0 atom stereocenters. The van der Waals surface area contributed by atoms with Gasteiger partial charge in [0.25, 0.3) is 5.91 Å². The van der Waals surface area contributed by atoms with Gasteiger partial charge in [0, 0.05) is 22.7 Å². The van der Waals surface area contributed by atoms with Gasteiger partial charge in [0.15, 0.2) is 9.84 Å². The van der Waals surface area contributed by atoms with E-state index >= 15 is 0 Å². The lowest BCUT2D eigenvalue weighted by Gasteiger charge is -2.06. The van der Waals surface area contributed by atoms with E-state index in [1.807, 2.05) is 0 Å². The highest BCUT2D eigenvalue weighted by atomic mass is 32.2. The molecule has 0 heterocycles. The highest BCUT2D eigenvalue weighted by molar-refractivity contribution is 7.94. The Hall–Kier alpha value is -2.93. The summed E-state index contributed by atoms with van der Waals surface area (Å²) in [4.78, 5) is 22.3. The molecule has 6 nitrogen and oxygen atoms in total. The Kier molecular flexibility index (Phi) is 4.92. The SMILES string of the molecule is O=C(O)/C=C\S(=O)(=O)c1ccc(NC(=O)c2ccccc2)cc1. The van der Waals surface area contributed by atoms with Gasteiger partial charge in [-0.15, -0.1) is 0 Å². The fraction of sp³-hybridized carbons (Fsp3) is 0. The normalized spacial score (nSPS) is 11.3. The minimum absolute atomic E-state index is 0.0623. The van der Waals surface area contributed by atoms with Crippen molar-refractivity contribution in [2.75, 3.05) is 5.32 Å². The third-order valence-electron chi connectivity index (χ3n) is 2.87. The monoisotopic (exact) mass is 331 g/mol. The second kappa shape index (κ2) is 6.89. The summed E-state index contributed by atoms with van der Waals surface area (Å²) in [5.74, 6) is -1.66. The first kappa shape index (κ1) is 16.4. The van der Waals surface area contributed by atoms with Crippen LogP contribution in [0.5, 0.6) is 0 Å². The molecule has 2 rings (SSSR count). The number of carbonyl (C=O) groups excluding carboxylic acids is 1. The van der Waals surface area contributed by atoms with E-state index < -0.39 is 15.8 Å². The summed E-state index contributed by atoms with van der Waals surface area (Å²) in [6.45, 7) is 0. The molecule has 0 saturated carbocycles. The molecule has 0 aliphatic heterocycles. The van der Waals surface area contributed by atoms with Crippen molar-refractivity contribution in [1.82, 2.24) is 0 Å². The number of carboxylic acid groups (broad SMARTS) is 1. The number of hydrogen-bond donors (Lipinski definition) is 2. The maximum Gasteiger partial charge on any atom is 0.329 e. The number of nitrogens with one attached hydrogen (secondary N) is 1. The molecule has 7 heteroatoms. The third-order valence-corrected chi connectivity index (χ3v) is 4.29. The number of rotatable bonds is 5. The Morgan fingerprint density at radius 2 is 1.57 bits per heavy atom. The Labute approximate surface area is 133 Å². The lowest BCUT2D eigenvalue weighted by molar-refractivity contribution is -0.131. The zero-order valence-electron chi connectivity index (χ0n) is 11.8. The molecule has 1 amide bonds. The van der Waals surface area contributed by atoms with Gasteiger partial charge in [-0.25, -0.2) is 13.2 Å². The van der Waals surface area contributed by atoms with Gasteiger partial charge in [0.1, 0.15) is 0 Å². The maximum atomic E-state index is 12.0. The van der Waals surface area contributed by atoms with Crippen LogP contribution in [-0.2, 0) is 14.6 Å². The van der Waals surface area contributed by atoms with E-state index in [9.17, 15) is 18.0 Å². The average molecular weight is 331 g/mol. The van der Waals surface area contributed by atoms with Gasteiger partial charge in [-0.3, -0.25) is 4.79 Å². The van der Waals surface area contributed by atoms with Crippen molar-refractivity contribution in [2.45, 2.75) is 4.90 Å². The summed E-state index contributed by atoms with van der Waals surface area (Å²) < 4.78 is 23.7. The summed E-state index contributed by atoms with van der Waals surface area (Å²) in [6.07, 6.45) is 0.556. The topological polar surface area (TPSA) is 101 Å². The van der Waals surface area contributed by atoms with Crippen LogP contribution in [0.2, 0.25) is 0 Å². The van der Waals surface area contributed by atoms with Gasteiger partial charge < -0.3 is 10.4 Å². The van der Waals surface area contributed by atoms with Crippen molar-refractivity contribution in [1.29, 1.82) is 0 Å². The fourth-order valence-corrected chi connectivity index (χ4v) is 2.72. The van der Waals surface area contributed by atoms with Crippen LogP contribution in [0.4, 0.5) is 5.69 Å². The van der Waals surface area contributed by atoms with E-state index in [0.717, 1.165) is 0 Å². The molecule has 2 aromatic rings. The number of carboxylic acids is 1. The summed E-state index contributed by atoms with van der Waals surface area (Å²) in [5.41, 5.74) is 0.911. The number of hydrogen-bond acceptors (Lipinski definition) is 4. The van der Waals surface area contributed by atoms with Crippen LogP contribution >= 0.6 is 0 Å². The molecule has 0 aliphatic rings. The van der Waals surface area contributed by atoms with E-state index in [1.165, 1.54) is 24.3 Å². The highest BCUT2D eigenvalue weighted by Crippen LogP contribution is 2.17. The van der Waals surface area contributed by atoms with E-state index in [0.29, 0.717) is 22.7 Å². The highest BCUT2D eigenvalue weighted by Gasteiger charge is 2.11. The van der Waals surface area contributed by atoms with Crippen molar-refractivity contribution in [2.24, 2.45) is 0 Å². The molecular weight excluding hydrogens is 318 g/mol. The molecule has 23 heavy (non-hydrogen) atoms. The number of carbonyl (C=O) groups is 2. The molecule has 2 aromatic carbocycles. The Morgan fingerprint density at radius 1 is 0.957 bits per heavy atom. The standard InChI is InChI=1S/C16H13NO5S/c18-15(19)10-11-23(21,22)14-8-6-13(7-9-14)17-16(20)12-4-2-1-3-5-12/h1-11H,(H,17,20)(H,18,19)/b11-10-. The van der Waals surface area contributed by atoms with E-state index in [-0.39, 0.29) is 10.8 Å². The molecule has 118 valence electrons. The van der Waals surface area contributed by atoms with Gasteiger partial charge in [-0.1, -0.05) is 18.2 Å². The van der Waals surface area contributed by atoms with Crippen molar-refractivity contribution < 1.29 is 23.1 Å². The van der Waals surface area contributed by atoms with Crippen LogP contribution in [0.3, 0.4) is 0 Å². The van der Waals surface area contributed by atoms with Crippen LogP contribution < -0.4 is 5.32 Å². The van der Waals surface area contributed by atoms with Gasteiger partial charge >= 0.3 is 5.97 Å². The summed E-state index contributed by atoms with van der Waals surface area (Å²) >= 11 is 0. The molecule has 2 N–H and O–H groups in total. The summed E-state index contributed by atoms with van der Waals surface area (Å²) in [7, 11) is -3.83. The number of benzene rings is 2. The minimum atomic E-state index is -3.83. The largest absolute Gasteiger partial charge is 0.478 e. The molecule has 0 bridgehead atoms. The van der Waals surface area contributed by atoms with Crippen LogP contribution in [-0.4, -0.2) is 25.4 Å². The quantitative estimate of drug-likeness (QED) is 0.819. The Morgan fingerprint density at radius 3 is 2.13 bits per heavy atom. The van der Waals surface area contributed by atoms with Crippen LogP contribution in [0.1, 0.15) is 10.4 Å². The fourth-order valence-electron chi connectivity index (χ4n) is 1.75. The molecular formula is C16H13NO5S. The lowest BCUT2D eigenvalue weighted by Crippen LogP contribution is -2.11. The number of sulfone groups is 1. The minimum Gasteiger partial charge on any atom is -0.478 e. The zero-order valence-corrected chi connectivity index (χ0v) is 12.7. The van der Waals surface area contributed by atoms with Gasteiger partial charge in [0.05, 0.1) is 4.90 Å². The Bertz CT molecular complexity index is 840. The molecule has 0 spiro atoms. The van der Waals surface area contributed by atoms with Gasteiger partial charge in [-0.05, 0) is 36.4 Å². The maximum absolute atomic E-state index is 12.0. The molecule has 0 aromatic heterocycles. The third kappa shape index (κ3) is 4.52. The second-order valence-corrected chi connectivity index (χ2v) is 6.36. The van der Waals surface area contributed by atoms with Crippen molar-refractivity contribution in [3.8, 4) is 0 Å². The van der Waals surface area contributed by atoms with Crippen molar-refractivity contribution in [3.63, 3.8) is 0 Å². The summed E-state index contributed by atoms with van der Waals surface area (Å²) in [6, 6.07) is 14.0. The lowest BCUT2D eigenvalue weighted by atomic mass is 10.2. The molecule has 0 unspecified atom stereocenters. The van der Waals surface area contributed by atoms with E-state index in [2.05, 4.69) is 5.32 Å². The molecule has 0 fully saturated rings. The van der Waals surface area contributed by atoms with E-state index in [1.54, 1.807) is 30.3 Å². The first-order chi connectivity index (χ1) is 10.9. The predicted molar refractivity (Wildman–Crippen MR) is 84.8 cm³/mol. The average Bonchev–Trinajstić information content (AvgIpc) is 2.54. The van der Waals surface area contributed by atoms with Gasteiger partial charge in [0.2, 0.25) is 0 Å². The van der Waals surface area contributed by atoms with Gasteiger partial charge in [-0.2, -0.15) is 0 Å². The number of aliphatic carboxylic acids is 1. The molecule has 0 aliphatic carbocycles. The number of anilines is 1. The molecule has 0 saturated heterocycles. The van der Waals surface area contributed by atoms with Crippen molar-refractivity contribution >= 4 is 27.4 Å². The first-order valence-corrected chi connectivity index (χ1v) is 8.06. The Balaban J connectivity index is 2.14. The number of amides is 1. The smallest absolute Gasteiger partial charge is 0.329 e. The molecule has 0 radical (unpaired) electrons. The van der Waals surface area contributed by atoms with E-state index in [4.69, 9.17) is 5.11 Å². The predicted octanol–water partition coefficient (Wildman–Crippen LogP) is 2.31. The zero-order chi connectivity index (χ0) is 16.9. The van der Waals surface area contributed by atoms with Crippen molar-refractivity contribution in [3.05, 3.63) is 71.6 Å². The summed E-state index contributed by atoms with van der Waals surface area (Å²) in [5, 5.41) is 11.7. The second-order valence-electron chi connectivity index (χ2n) is 4.53. The van der Waals surface area contributed by atoms with Crippen LogP contribution in [0.15, 0.2) is 71.0 Å².